The largest absolute Gasteiger partial charge is 0.348 e. The molecule has 0 radical (unpaired) electrons. The van der Waals surface area contributed by atoms with Crippen molar-refractivity contribution in [3.63, 3.8) is 0 Å². The highest BCUT2D eigenvalue weighted by molar-refractivity contribution is 7.80. The van der Waals surface area contributed by atoms with E-state index < -0.39 is 0 Å². The second-order valence-electron chi connectivity index (χ2n) is 3.01. The number of fused-ring (bicyclic) bond motifs is 1. The van der Waals surface area contributed by atoms with Crippen LogP contribution in [0.4, 0.5) is 0 Å². The van der Waals surface area contributed by atoms with E-state index in [9.17, 15) is 4.79 Å². The Morgan fingerprint density at radius 2 is 2.36 bits per heavy atom. The summed E-state index contributed by atoms with van der Waals surface area (Å²) in [5.74, 6) is 6.32. The number of rotatable bonds is 0. The molecule has 0 aliphatic carbocycles. The van der Waals surface area contributed by atoms with Crippen LogP contribution in [0.15, 0.2) is 18.2 Å². The van der Waals surface area contributed by atoms with Gasteiger partial charge in [-0.3, -0.25) is 4.79 Å². The van der Waals surface area contributed by atoms with Gasteiger partial charge < -0.3 is 5.32 Å². The number of carbonyl (C=O) groups is 1. The lowest BCUT2D eigenvalue weighted by molar-refractivity contribution is 0.0965. The highest BCUT2D eigenvalue weighted by Gasteiger charge is 2.17. The average Bonchev–Trinajstić information content (AvgIpc) is 2.57. The fourth-order valence-electron chi connectivity index (χ4n) is 1.43. The summed E-state index contributed by atoms with van der Waals surface area (Å²) in [5, 5.41) is 2.77. The molecule has 1 heterocycles. The minimum atomic E-state index is -0.00507. The molecule has 0 saturated carbocycles. The van der Waals surface area contributed by atoms with Gasteiger partial charge in [-0.25, -0.2) is 0 Å². The molecule has 1 aliphatic heterocycles. The molecule has 1 aromatic rings. The monoisotopic (exact) mass is 203 g/mol. The summed E-state index contributed by atoms with van der Waals surface area (Å²) in [6.45, 7) is 0.633. The number of benzene rings is 1. The van der Waals surface area contributed by atoms with E-state index in [4.69, 9.17) is 0 Å². The zero-order valence-corrected chi connectivity index (χ0v) is 8.40. The SMILES string of the molecule is O=C1NCc2ccc(C#CCS)cc21. The predicted octanol–water partition coefficient (Wildman–Crippen LogP) is 1.21. The quantitative estimate of drug-likeness (QED) is 0.481. The van der Waals surface area contributed by atoms with Crippen LogP contribution in [-0.2, 0) is 6.54 Å². The van der Waals surface area contributed by atoms with Gasteiger partial charge in [0.2, 0.25) is 0 Å². The molecular weight excluding hydrogens is 194 g/mol. The molecule has 1 aromatic carbocycles. The van der Waals surface area contributed by atoms with Gasteiger partial charge in [0.25, 0.3) is 5.91 Å². The van der Waals surface area contributed by atoms with Gasteiger partial charge in [-0.1, -0.05) is 17.9 Å². The van der Waals surface area contributed by atoms with Crippen molar-refractivity contribution in [2.45, 2.75) is 6.54 Å². The van der Waals surface area contributed by atoms with Crippen molar-refractivity contribution in [3.05, 3.63) is 34.9 Å². The molecule has 0 fully saturated rings. The first kappa shape index (κ1) is 9.17. The van der Waals surface area contributed by atoms with Crippen LogP contribution < -0.4 is 5.32 Å². The standard InChI is InChI=1S/C11H9NOS/c13-11-10-6-8(2-1-5-14)3-4-9(10)7-12-11/h3-4,6,14H,5,7H2,(H,12,13). The Hall–Kier alpha value is -1.40. The van der Waals surface area contributed by atoms with Crippen molar-refractivity contribution >= 4 is 18.5 Å². The van der Waals surface area contributed by atoms with Gasteiger partial charge in [0.05, 0.1) is 5.75 Å². The third-order valence-electron chi connectivity index (χ3n) is 2.11. The van der Waals surface area contributed by atoms with Crippen molar-refractivity contribution in [2.24, 2.45) is 0 Å². The molecule has 3 heteroatoms. The van der Waals surface area contributed by atoms with E-state index in [0.717, 1.165) is 16.7 Å². The molecule has 1 amide bonds. The molecule has 14 heavy (non-hydrogen) atoms. The smallest absolute Gasteiger partial charge is 0.251 e. The van der Waals surface area contributed by atoms with Crippen molar-refractivity contribution < 1.29 is 4.79 Å². The lowest BCUT2D eigenvalue weighted by atomic mass is 10.1. The van der Waals surface area contributed by atoms with E-state index in [1.165, 1.54) is 0 Å². The van der Waals surface area contributed by atoms with Gasteiger partial charge in [0.15, 0.2) is 0 Å². The molecular formula is C11H9NOS. The Kier molecular flexibility index (Phi) is 2.47. The number of nitrogens with one attached hydrogen (secondary N) is 1. The molecule has 0 saturated heterocycles. The van der Waals surface area contributed by atoms with Gasteiger partial charge in [-0.2, -0.15) is 12.6 Å². The van der Waals surface area contributed by atoms with E-state index >= 15 is 0 Å². The van der Waals surface area contributed by atoms with Gasteiger partial charge in [0.1, 0.15) is 0 Å². The summed E-state index contributed by atoms with van der Waals surface area (Å²) in [6, 6.07) is 5.69. The molecule has 0 atom stereocenters. The summed E-state index contributed by atoms with van der Waals surface area (Å²) in [5.41, 5.74) is 2.66. The first-order valence-electron chi connectivity index (χ1n) is 4.32. The number of thiol groups is 1. The van der Waals surface area contributed by atoms with Crippen LogP contribution in [-0.4, -0.2) is 11.7 Å². The third-order valence-corrected chi connectivity index (χ3v) is 2.26. The summed E-state index contributed by atoms with van der Waals surface area (Å²) < 4.78 is 0. The van der Waals surface area contributed by atoms with E-state index in [0.29, 0.717) is 12.3 Å². The minimum absolute atomic E-state index is 0.00507. The van der Waals surface area contributed by atoms with Crippen LogP contribution in [0.3, 0.4) is 0 Å². The lowest BCUT2D eigenvalue weighted by Gasteiger charge is -1.95. The van der Waals surface area contributed by atoms with Crippen LogP contribution >= 0.6 is 12.6 Å². The molecule has 0 unspecified atom stereocenters. The number of carbonyl (C=O) groups excluding carboxylic acids is 1. The molecule has 1 aliphatic rings. The Labute approximate surface area is 88.1 Å². The number of hydrogen-bond donors (Lipinski definition) is 2. The topological polar surface area (TPSA) is 29.1 Å². The van der Waals surface area contributed by atoms with E-state index in [1.807, 2.05) is 18.2 Å². The molecule has 0 spiro atoms. The average molecular weight is 203 g/mol. The zero-order chi connectivity index (χ0) is 9.97. The maximum atomic E-state index is 11.3. The van der Waals surface area contributed by atoms with Crippen LogP contribution in [0.2, 0.25) is 0 Å². The minimum Gasteiger partial charge on any atom is -0.348 e. The molecule has 0 aromatic heterocycles. The predicted molar refractivity (Wildman–Crippen MR) is 58.3 cm³/mol. The molecule has 2 nitrogen and oxygen atoms in total. The number of hydrogen-bond acceptors (Lipinski definition) is 2. The highest BCUT2D eigenvalue weighted by Crippen LogP contribution is 2.16. The molecule has 2 rings (SSSR count). The first-order valence-corrected chi connectivity index (χ1v) is 4.95. The van der Waals surface area contributed by atoms with Crippen molar-refractivity contribution in [1.29, 1.82) is 0 Å². The van der Waals surface area contributed by atoms with E-state index in [-0.39, 0.29) is 5.91 Å². The van der Waals surface area contributed by atoms with Gasteiger partial charge >= 0.3 is 0 Å². The summed E-state index contributed by atoms with van der Waals surface area (Å²) >= 11 is 4.00. The Morgan fingerprint density at radius 3 is 3.14 bits per heavy atom. The van der Waals surface area contributed by atoms with E-state index in [1.54, 1.807) is 0 Å². The van der Waals surface area contributed by atoms with Crippen LogP contribution in [0.25, 0.3) is 0 Å². The molecule has 70 valence electrons. The van der Waals surface area contributed by atoms with Crippen LogP contribution in [0.1, 0.15) is 21.5 Å². The fourth-order valence-corrected chi connectivity index (χ4v) is 1.51. The van der Waals surface area contributed by atoms with Gasteiger partial charge in [0, 0.05) is 17.7 Å². The van der Waals surface area contributed by atoms with Crippen molar-refractivity contribution in [3.8, 4) is 11.8 Å². The Bertz CT molecular complexity index is 442. The van der Waals surface area contributed by atoms with E-state index in [2.05, 4.69) is 29.8 Å². The van der Waals surface area contributed by atoms with Crippen LogP contribution in [0.5, 0.6) is 0 Å². The zero-order valence-electron chi connectivity index (χ0n) is 7.50. The Morgan fingerprint density at radius 1 is 1.50 bits per heavy atom. The second-order valence-corrected chi connectivity index (χ2v) is 3.33. The fraction of sp³-hybridized carbons (Fsp3) is 0.182. The van der Waals surface area contributed by atoms with Crippen LogP contribution in [0, 0.1) is 11.8 Å². The first-order chi connectivity index (χ1) is 6.81. The molecule has 0 bridgehead atoms. The summed E-state index contributed by atoms with van der Waals surface area (Å²) in [7, 11) is 0. The highest BCUT2D eigenvalue weighted by atomic mass is 32.1. The summed E-state index contributed by atoms with van der Waals surface area (Å²) in [6.07, 6.45) is 0. The van der Waals surface area contributed by atoms with Crippen molar-refractivity contribution in [2.75, 3.05) is 5.75 Å². The number of amides is 1. The van der Waals surface area contributed by atoms with Gasteiger partial charge in [-0.15, -0.1) is 0 Å². The van der Waals surface area contributed by atoms with Crippen molar-refractivity contribution in [1.82, 2.24) is 5.32 Å². The van der Waals surface area contributed by atoms with Gasteiger partial charge in [-0.05, 0) is 17.7 Å². The lowest BCUT2D eigenvalue weighted by Crippen LogP contribution is -2.12. The maximum absolute atomic E-state index is 11.3. The maximum Gasteiger partial charge on any atom is 0.251 e. The third kappa shape index (κ3) is 1.61. The molecule has 1 N–H and O–H groups in total. The normalized spacial score (nSPS) is 12.8. The Balaban J connectivity index is 2.39. The second kappa shape index (κ2) is 3.77. The summed E-state index contributed by atoms with van der Waals surface area (Å²) in [4.78, 5) is 11.3.